The van der Waals surface area contributed by atoms with Crippen LogP contribution in [0.15, 0.2) is 29.8 Å². The molecule has 0 bridgehead atoms. The van der Waals surface area contributed by atoms with Gasteiger partial charge >= 0.3 is 0 Å². The maximum Gasteiger partial charge on any atom is 0.0722 e. The molecule has 1 aromatic carbocycles. The van der Waals surface area contributed by atoms with Gasteiger partial charge in [0.1, 0.15) is 0 Å². The highest BCUT2D eigenvalue weighted by molar-refractivity contribution is 5.53. The van der Waals surface area contributed by atoms with Gasteiger partial charge in [0.15, 0.2) is 0 Å². The fraction of sp³-hybridized carbons (Fsp3) is 0.467. The van der Waals surface area contributed by atoms with Gasteiger partial charge in [0.05, 0.1) is 6.10 Å². The van der Waals surface area contributed by atoms with Crippen LogP contribution in [0.5, 0.6) is 0 Å². The van der Waals surface area contributed by atoms with Gasteiger partial charge in [-0.05, 0) is 36.0 Å². The van der Waals surface area contributed by atoms with Gasteiger partial charge in [0.2, 0.25) is 0 Å². The van der Waals surface area contributed by atoms with Crippen LogP contribution in [0, 0.1) is 0 Å². The van der Waals surface area contributed by atoms with Crippen LogP contribution in [0.25, 0.3) is 6.08 Å². The third-order valence-corrected chi connectivity index (χ3v) is 2.83. The summed E-state index contributed by atoms with van der Waals surface area (Å²) in [6.45, 7) is 10.4. The first-order valence-electron chi connectivity index (χ1n) is 5.77. The zero-order valence-electron chi connectivity index (χ0n) is 10.9. The van der Waals surface area contributed by atoms with Gasteiger partial charge < -0.3 is 5.11 Å². The topological polar surface area (TPSA) is 20.2 Å². The normalized spacial score (nSPS) is 15.0. The number of aliphatic hydroxyl groups is 1. The van der Waals surface area contributed by atoms with Gasteiger partial charge in [-0.2, -0.15) is 0 Å². The highest BCUT2D eigenvalue weighted by atomic mass is 16.3. The van der Waals surface area contributed by atoms with Crippen molar-refractivity contribution in [1.82, 2.24) is 0 Å². The van der Waals surface area contributed by atoms with Gasteiger partial charge in [-0.1, -0.05) is 51.1 Å². The molecule has 0 radical (unpaired) electrons. The van der Waals surface area contributed by atoms with Crippen molar-refractivity contribution in [3.05, 3.63) is 41.0 Å². The van der Waals surface area contributed by atoms with Gasteiger partial charge in [-0.15, -0.1) is 0 Å². The second kappa shape index (κ2) is 4.84. The lowest BCUT2D eigenvalue weighted by molar-refractivity contribution is 0.232. The third-order valence-electron chi connectivity index (χ3n) is 2.83. The average Bonchev–Trinajstić information content (AvgIpc) is 2.17. The average molecular weight is 218 g/mol. The smallest absolute Gasteiger partial charge is 0.0722 e. The first-order valence-corrected chi connectivity index (χ1v) is 5.77. The van der Waals surface area contributed by atoms with Crippen molar-refractivity contribution in [1.29, 1.82) is 0 Å². The molecule has 16 heavy (non-hydrogen) atoms. The maximum atomic E-state index is 9.40. The van der Waals surface area contributed by atoms with Crippen LogP contribution in [0.3, 0.4) is 0 Å². The molecule has 1 aromatic rings. The van der Waals surface area contributed by atoms with E-state index in [0.29, 0.717) is 0 Å². The standard InChI is InChI=1S/C15H22O/c1-11(12(2)16)10-13-6-8-14(9-7-13)15(3,4)5/h6-10,12,16H,1-5H3/b11-10+. The Morgan fingerprint density at radius 1 is 1.19 bits per heavy atom. The molecule has 0 fully saturated rings. The number of rotatable bonds is 2. The van der Waals surface area contributed by atoms with E-state index in [1.165, 1.54) is 5.56 Å². The van der Waals surface area contributed by atoms with Crippen LogP contribution >= 0.6 is 0 Å². The number of aliphatic hydroxyl groups excluding tert-OH is 1. The molecule has 0 aromatic heterocycles. The fourth-order valence-electron chi connectivity index (χ4n) is 1.46. The number of benzene rings is 1. The molecule has 0 spiro atoms. The lowest BCUT2D eigenvalue weighted by atomic mass is 9.86. The molecular weight excluding hydrogens is 196 g/mol. The Labute approximate surface area is 98.8 Å². The van der Waals surface area contributed by atoms with E-state index >= 15 is 0 Å². The summed E-state index contributed by atoms with van der Waals surface area (Å²) >= 11 is 0. The van der Waals surface area contributed by atoms with Gasteiger partial charge in [-0.3, -0.25) is 0 Å². The zero-order chi connectivity index (χ0) is 12.3. The van der Waals surface area contributed by atoms with E-state index in [2.05, 4.69) is 45.0 Å². The van der Waals surface area contributed by atoms with Crippen LogP contribution in [-0.2, 0) is 5.41 Å². The number of hydrogen-bond acceptors (Lipinski definition) is 1. The molecule has 0 heterocycles. The predicted octanol–water partition coefficient (Wildman–Crippen LogP) is 3.77. The molecule has 88 valence electrons. The molecule has 1 heteroatoms. The van der Waals surface area contributed by atoms with Crippen molar-refractivity contribution < 1.29 is 5.11 Å². The molecule has 0 aliphatic carbocycles. The van der Waals surface area contributed by atoms with E-state index in [9.17, 15) is 5.11 Å². The van der Waals surface area contributed by atoms with Crippen LogP contribution in [0.2, 0.25) is 0 Å². The second-order valence-corrected chi connectivity index (χ2v) is 5.44. The van der Waals surface area contributed by atoms with Crippen LogP contribution < -0.4 is 0 Å². The summed E-state index contributed by atoms with van der Waals surface area (Å²) in [4.78, 5) is 0. The van der Waals surface area contributed by atoms with E-state index in [0.717, 1.165) is 11.1 Å². The Morgan fingerprint density at radius 3 is 2.06 bits per heavy atom. The highest BCUT2D eigenvalue weighted by Gasteiger charge is 2.12. The van der Waals surface area contributed by atoms with Crippen molar-refractivity contribution in [2.45, 2.75) is 46.1 Å². The fourth-order valence-corrected chi connectivity index (χ4v) is 1.46. The quantitative estimate of drug-likeness (QED) is 0.801. The Hall–Kier alpha value is -1.08. The first-order chi connectivity index (χ1) is 7.30. The second-order valence-electron chi connectivity index (χ2n) is 5.44. The summed E-state index contributed by atoms with van der Waals surface area (Å²) in [7, 11) is 0. The Bertz CT molecular complexity index is 363. The summed E-state index contributed by atoms with van der Waals surface area (Å²) in [5.41, 5.74) is 3.66. The van der Waals surface area contributed by atoms with E-state index in [1.54, 1.807) is 6.92 Å². The molecule has 1 unspecified atom stereocenters. The molecule has 1 rings (SSSR count). The summed E-state index contributed by atoms with van der Waals surface area (Å²) in [6.07, 6.45) is 1.65. The van der Waals surface area contributed by atoms with Crippen molar-refractivity contribution in [2.75, 3.05) is 0 Å². The first kappa shape index (κ1) is 13.0. The zero-order valence-corrected chi connectivity index (χ0v) is 10.9. The Kier molecular flexibility index (Phi) is 3.93. The Morgan fingerprint density at radius 2 is 1.69 bits per heavy atom. The van der Waals surface area contributed by atoms with Crippen molar-refractivity contribution in [3.63, 3.8) is 0 Å². The van der Waals surface area contributed by atoms with Crippen LogP contribution in [-0.4, -0.2) is 11.2 Å². The summed E-state index contributed by atoms with van der Waals surface area (Å²) in [5, 5.41) is 9.40. The molecule has 1 atom stereocenters. The largest absolute Gasteiger partial charge is 0.389 e. The van der Waals surface area contributed by atoms with Crippen LogP contribution in [0.1, 0.15) is 45.7 Å². The molecule has 0 saturated carbocycles. The highest BCUT2D eigenvalue weighted by Crippen LogP contribution is 2.22. The minimum Gasteiger partial charge on any atom is -0.389 e. The molecular formula is C15H22O. The Balaban J connectivity index is 2.92. The van der Waals surface area contributed by atoms with Gasteiger partial charge in [0, 0.05) is 0 Å². The van der Waals surface area contributed by atoms with E-state index < -0.39 is 0 Å². The molecule has 1 N–H and O–H groups in total. The summed E-state index contributed by atoms with van der Waals surface area (Å²) < 4.78 is 0. The van der Waals surface area contributed by atoms with Crippen molar-refractivity contribution in [2.24, 2.45) is 0 Å². The van der Waals surface area contributed by atoms with Gasteiger partial charge in [0.25, 0.3) is 0 Å². The van der Waals surface area contributed by atoms with E-state index in [-0.39, 0.29) is 11.5 Å². The molecule has 0 saturated heterocycles. The van der Waals surface area contributed by atoms with E-state index in [4.69, 9.17) is 0 Å². The lowest BCUT2D eigenvalue weighted by Gasteiger charge is -2.18. The molecule has 0 amide bonds. The summed E-state index contributed by atoms with van der Waals surface area (Å²) in [5.74, 6) is 0. The maximum absolute atomic E-state index is 9.40. The third kappa shape index (κ3) is 3.49. The molecule has 0 aliphatic rings. The minimum atomic E-state index is -0.373. The summed E-state index contributed by atoms with van der Waals surface area (Å²) in [6, 6.07) is 8.52. The molecule has 0 aliphatic heterocycles. The molecule has 1 nitrogen and oxygen atoms in total. The van der Waals surface area contributed by atoms with Crippen LogP contribution in [0.4, 0.5) is 0 Å². The van der Waals surface area contributed by atoms with Crippen molar-refractivity contribution in [3.8, 4) is 0 Å². The van der Waals surface area contributed by atoms with E-state index in [1.807, 2.05) is 13.0 Å². The minimum absolute atomic E-state index is 0.196. The lowest BCUT2D eigenvalue weighted by Crippen LogP contribution is -2.10. The number of hydrogen-bond donors (Lipinski definition) is 1. The van der Waals surface area contributed by atoms with Gasteiger partial charge in [-0.25, -0.2) is 0 Å². The predicted molar refractivity (Wildman–Crippen MR) is 70.5 cm³/mol. The van der Waals surface area contributed by atoms with Crippen molar-refractivity contribution >= 4 is 6.08 Å². The SMILES string of the molecule is C/C(=C\c1ccc(C(C)(C)C)cc1)C(C)O. The monoisotopic (exact) mass is 218 g/mol.